The minimum atomic E-state index is 0.0451. The third-order valence-corrected chi connectivity index (χ3v) is 7.29. The lowest BCUT2D eigenvalue weighted by atomic mass is 9.83. The summed E-state index contributed by atoms with van der Waals surface area (Å²) in [6.45, 7) is 0. The van der Waals surface area contributed by atoms with Gasteiger partial charge in [-0.05, 0) is 24.0 Å². The summed E-state index contributed by atoms with van der Waals surface area (Å²) in [5.74, 6) is 0.483. The molecule has 4 atom stereocenters. The molecule has 2 aromatic carbocycles. The molecule has 0 bridgehead atoms. The van der Waals surface area contributed by atoms with Crippen molar-refractivity contribution >= 4 is 37.6 Å². The smallest absolute Gasteiger partial charge is 0.141 e. The Morgan fingerprint density at radius 1 is 0.708 bits per heavy atom. The molecule has 0 N–H and O–H groups in total. The zero-order valence-electron chi connectivity index (χ0n) is 13.6. The molecular formula is C21H22Br2O. The van der Waals surface area contributed by atoms with Gasteiger partial charge in [0.25, 0.3) is 0 Å². The van der Waals surface area contributed by atoms with Gasteiger partial charge in [-0.1, -0.05) is 105 Å². The first-order valence-electron chi connectivity index (χ1n) is 8.60. The number of ketones is 1. The van der Waals surface area contributed by atoms with E-state index in [0.29, 0.717) is 5.78 Å². The van der Waals surface area contributed by atoms with Crippen molar-refractivity contribution in [2.24, 2.45) is 11.8 Å². The number of carbonyl (C=O) groups is 1. The summed E-state index contributed by atoms with van der Waals surface area (Å²) in [7, 11) is 0. The van der Waals surface area contributed by atoms with Crippen LogP contribution in [0.4, 0.5) is 0 Å². The Hall–Kier alpha value is -0.930. The molecular weight excluding hydrogens is 428 g/mol. The Morgan fingerprint density at radius 2 is 1.08 bits per heavy atom. The predicted molar refractivity (Wildman–Crippen MR) is 107 cm³/mol. The second-order valence-electron chi connectivity index (χ2n) is 6.52. The monoisotopic (exact) mass is 448 g/mol. The van der Waals surface area contributed by atoms with Crippen LogP contribution < -0.4 is 0 Å². The second kappa shape index (κ2) is 8.44. The van der Waals surface area contributed by atoms with Gasteiger partial charge >= 0.3 is 0 Å². The average Bonchev–Trinajstić information content (AvgIpc) is 2.83. The number of halogens is 2. The standard InChI is InChI=1S/C21H22Br2O/c22-19(15-9-3-1-4-10-15)17-13-7-8-14-18(21(17)24)20(23)16-11-5-2-6-12-16/h1-6,9-12,17-20H,7-8,13-14H2. The van der Waals surface area contributed by atoms with E-state index >= 15 is 0 Å². The van der Waals surface area contributed by atoms with E-state index in [-0.39, 0.29) is 21.5 Å². The molecule has 3 rings (SSSR count). The number of benzene rings is 2. The molecule has 3 heteroatoms. The zero-order chi connectivity index (χ0) is 16.9. The van der Waals surface area contributed by atoms with Gasteiger partial charge in [-0.15, -0.1) is 0 Å². The number of Topliss-reactive ketones (excluding diaryl/α,β-unsaturated/α-hetero) is 1. The predicted octanol–water partition coefficient (Wildman–Crippen LogP) is 6.63. The number of alkyl halides is 2. The van der Waals surface area contributed by atoms with Crippen LogP contribution in [0.15, 0.2) is 60.7 Å². The van der Waals surface area contributed by atoms with Crippen LogP contribution in [-0.4, -0.2) is 5.78 Å². The summed E-state index contributed by atoms with van der Waals surface area (Å²) in [5, 5.41) is 0. The molecule has 24 heavy (non-hydrogen) atoms. The maximum absolute atomic E-state index is 13.3. The highest BCUT2D eigenvalue weighted by atomic mass is 79.9. The normalized spacial score (nSPS) is 24.2. The summed E-state index contributed by atoms with van der Waals surface area (Å²) in [5.41, 5.74) is 2.39. The Morgan fingerprint density at radius 3 is 1.46 bits per heavy atom. The fourth-order valence-electron chi connectivity index (χ4n) is 3.61. The number of carbonyl (C=O) groups excluding carboxylic acids is 1. The molecule has 1 aliphatic carbocycles. The lowest BCUT2D eigenvalue weighted by molar-refractivity contribution is -0.126. The van der Waals surface area contributed by atoms with Crippen molar-refractivity contribution in [3.05, 3.63) is 71.8 Å². The molecule has 2 aromatic rings. The second-order valence-corrected chi connectivity index (χ2v) is 8.50. The first kappa shape index (κ1) is 17.9. The quantitative estimate of drug-likeness (QED) is 0.377. The molecule has 126 valence electrons. The topological polar surface area (TPSA) is 17.1 Å². The zero-order valence-corrected chi connectivity index (χ0v) is 16.7. The highest BCUT2D eigenvalue weighted by molar-refractivity contribution is 9.09. The maximum atomic E-state index is 13.3. The van der Waals surface area contributed by atoms with Crippen molar-refractivity contribution in [1.29, 1.82) is 0 Å². The van der Waals surface area contributed by atoms with Crippen LogP contribution in [-0.2, 0) is 4.79 Å². The molecule has 0 aliphatic heterocycles. The Kier molecular flexibility index (Phi) is 6.29. The molecule has 4 unspecified atom stereocenters. The lowest BCUT2D eigenvalue weighted by Crippen LogP contribution is -2.27. The third-order valence-electron chi connectivity index (χ3n) is 4.95. The highest BCUT2D eigenvalue weighted by Gasteiger charge is 2.37. The minimum Gasteiger partial charge on any atom is -0.299 e. The van der Waals surface area contributed by atoms with Crippen LogP contribution in [0, 0.1) is 11.8 Å². The van der Waals surface area contributed by atoms with Crippen molar-refractivity contribution < 1.29 is 4.79 Å². The Labute approximate surface area is 161 Å². The van der Waals surface area contributed by atoms with Gasteiger partial charge < -0.3 is 0 Å². The van der Waals surface area contributed by atoms with Gasteiger partial charge in [-0.25, -0.2) is 0 Å². The van der Waals surface area contributed by atoms with Crippen LogP contribution in [0.25, 0.3) is 0 Å². The first-order valence-corrected chi connectivity index (χ1v) is 10.4. The summed E-state index contributed by atoms with van der Waals surface area (Å²) in [6.07, 6.45) is 4.18. The van der Waals surface area contributed by atoms with Crippen molar-refractivity contribution in [3.8, 4) is 0 Å². The van der Waals surface area contributed by atoms with Gasteiger partial charge in [0.05, 0.1) is 0 Å². The van der Waals surface area contributed by atoms with Crippen LogP contribution >= 0.6 is 31.9 Å². The molecule has 1 fully saturated rings. The van der Waals surface area contributed by atoms with E-state index in [4.69, 9.17) is 0 Å². The molecule has 0 spiro atoms. The lowest BCUT2D eigenvalue weighted by Gasteiger charge is -2.26. The Balaban J connectivity index is 1.83. The van der Waals surface area contributed by atoms with Gasteiger partial charge in [-0.3, -0.25) is 4.79 Å². The van der Waals surface area contributed by atoms with E-state index in [1.165, 1.54) is 11.1 Å². The summed E-state index contributed by atoms with van der Waals surface area (Å²) in [6, 6.07) is 20.6. The molecule has 0 saturated heterocycles. The van der Waals surface area contributed by atoms with Gasteiger partial charge in [-0.2, -0.15) is 0 Å². The van der Waals surface area contributed by atoms with Crippen molar-refractivity contribution in [3.63, 3.8) is 0 Å². The molecule has 0 aromatic heterocycles. The SMILES string of the molecule is O=C1C(C(Br)c2ccccc2)CCCCC1C(Br)c1ccccc1. The van der Waals surface area contributed by atoms with E-state index in [9.17, 15) is 4.79 Å². The summed E-state index contributed by atoms with van der Waals surface area (Å²) >= 11 is 7.64. The molecule has 1 aliphatic rings. The van der Waals surface area contributed by atoms with Crippen LogP contribution in [0.2, 0.25) is 0 Å². The molecule has 0 radical (unpaired) electrons. The van der Waals surface area contributed by atoms with E-state index in [0.717, 1.165) is 25.7 Å². The largest absolute Gasteiger partial charge is 0.299 e. The fourth-order valence-corrected chi connectivity index (χ4v) is 5.27. The molecule has 0 heterocycles. The van der Waals surface area contributed by atoms with Crippen molar-refractivity contribution in [2.45, 2.75) is 35.3 Å². The van der Waals surface area contributed by atoms with Gasteiger partial charge in [0.2, 0.25) is 0 Å². The first-order chi connectivity index (χ1) is 11.7. The van der Waals surface area contributed by atoms with Crippen LogP contribution in [0.3, 0.4) is 0 Å². The highest BCUT2D eigenvalue weighted by Crippen LogP contribution is 2.44. The van der Waals surface area contributed by atoms with Gasteiger partial charge in [0.15, 0.2) is 0 Å². The number of rotatable bonds is 4. The van der Waals surface area contributed by atoms with Crippen molar-refractivity contribution in [1.82, 2.24) is 0 Å². The molecule has 0 amide bonds. The average molecular weight is 450 g/mol. The van der Waals surface area contributed by atoms with Crippen LogP contribution in [0.1, 0.15) is 46.5 Å². The molecule has 1 nitrogen and oxygen atoms in total. The van der Waals surface area contributed by atoms with Gasteiger partial charge in [0.1, 0.15) is 5.78 Å². The summed E-state index contributed by atoms with van der Waals surface area (Å²) in [4.78, 5) is 13.5. The number of hydrogen-bond acceptors (Lipinski definition) is 1. The number of hydrogen-bond donors (Lipinski definition) is 0. The van der Waals surface area contributed by atoms with Crippen molar-refractivity contribution in [2.75, 3.05) is 0 Å². The minimum absolute atomic E-state index is 0.0451. The van der Waals surface area contributed by atoms with E-state index in [1.807, 2.05) is 36.4 Å². The molecule has 1 saturated carbocycles. The van der Waals surface area contributed by atoms with Gasteiger partial charge in [0, 0.05) is 21.5 Å². The van der Waals surface area contributed by atoms with E-state index in [2.05, 4.69) is 56.1 Å². The van der Waals surface area contributed by atoms with E-state index in [1.54, 1.807) is 0 Å². The van der Waals surface area contributed by atoms with E-state index < -0.39 is 0 Å². The summed E-state index contributed by atoms with van der Waals surface area (Å²) < 4.78 is 0. The van der Waals surface area contributed by atoms with Crippen LogP contribution in [0.5, 0.6) is 0 Å². The maximum Gasteiger partial charge on any atom is 0.141 e. The fraction of sp³-hybridized carbons (Fsp3) is 0.381. The Bertz CT molecular complexity index is 599. The third kappa shape index (κ3) is 4.00.